The van der Waals surface area contributed by atoms with E-state index in [1.807, 2.05) is 30.4 Å². The van der Waals surface area contributed by atoms with Crippen LogP contribution in [0.3, 0.4) is 0 Å². The molecule has 612 valence electrons. The number of phosphoric ester groups is 2. The molecule has 0 aliphatic carbocycles. The molecule has 0 fully saturated rings. The smallest absolute Gasteiger partial charge is 0.462 e. The summed E-state index contributed by atoms with van der Waals surface area (Å²) in [5, 5.41) is 10.7. The zero-order valence-corrected chi connectivity index (χ0v) is 68.7. The third kappa shape index (κ3) is 78.3. The summed E-state index contributed by atoms with van der Waals surface area (Å²) in [4.78, 5) is 73.1. The van der Waals surface area contributed by atoms with Crippen LogP contribution >= 0.6 is 15.6 Å². The molecule has 3 N–H and O–H groups in total. The lowest BCUT2D eigenvalue weighted by molar-refractivity contribution is -0.161. The molecule has 0 heterocycles. The van der Waals surface area contributed by atoms with Crippen LogP contribution in [0.25, 0.3) is 0 Å². The van der Waals surface area contributed by atoms with E-state index in [4.69, 9.17) is 37.0 Å². The van der Waals surface area contributed by atoms with Crippen LogP contribution in [0.15, 0.2) is 182 Å². The third-order valence-electron chi connectivity index (χ3n) is 16.3. The minimum Gasteiger partial charge on any atom is -0.462 e. The molecule has 17 nitrogen and oxygen atoms in total. The van der Waals surface area contributed by atoms with Crippen molar-refractivity contribution in [2.75, 3.05) is 39.6 Å². The molecule has 5 atom stereocenters. The van der Waals surface area contributed by atoms with E-state index in [0.29, 0.717) is 38.5 Å². The summed E-state index contributed by atoms with van der Waals surface area (Å²) in [6.45, 7) is 4.48. The molecule has 0 aliphatic rings. The highest BCUT2D eigenvalue weighted by atomic mass is 31.2. The summed E-state index contributed by atoms with van der Waals surface area (Å²) in [6.07, 6.45) is 96.0. The van der Waals surface area contributed by atoms with Gasteiger partial charge in [-0.05, 0) is 173 Å². The number of unbranched alkanes of at least 4 members (excludes halogenated alkanes) is 19. The average Bonchev–Trinajstić information content (AvgIpc) is 0.897. The molecular formula is C89H144O17P2. The lowest BCUT2D eigenvalue weighted by Crippen LogP contribution is -2.30. The van der Waals surface area contributed by atoms with E-state index in [1.54, 1.807) is 0 Å². The molecule has 0 aromatic carbocycles. The Balaban J connectivity index is 5.55. The Morgan fingerprint density at radius 3 is 0.861 bits per heavy atom. The van der Waals surface area contributed by atoms with Gasteiger partial charge in [-0.2, -0.15) is 0 Å². The predicted molar refractivity (Wildman–Crippen MR) is 445 cm³/mol. The van der Waals surface area contributed by atoms with Gasteiger partial charge in [-0.1, -0.05) is 281 Å². The van der Waals surface area contributed by atoms with Crippen LogP contribution in [-0.2, 0) is 65.4 Å². The maximum Gasteiger partial charge on any atom is 0.472 e. The maximum absolute atomic E-state index is 13.1. The molecule has 0 aromatic heterocycles. The molecule has 108 heavy (non-hydrogen) atoms. The largest absolute Gasteiger partial charge is 0.472 e. The summed E-state index contributed by atoms with van der Waals surface area (Å²) in [5.74, 6) is -2.40. The van der Waals surface area contributed by atoms with Gasteiger partial charge in [0.25, 0.3) is 0 Å². The lowest BCUT2D eigenvalue weighted by atomic mass is 10.1. The first-order valence-electron chi connectivity index (χ1n) is 41.0. The fourth-order valence-corrected chi connectivity index (χ4v) is 11.7. The van der Waals surface area contributed by atoms with Crippen molar-refractivity contribution in [3.8, 4) is 0 Å². The molecule has 0 saturated heterocycles. The van der Waals surface area contributed by atoms with Crippen LogP contribution in [0, 0.1) is 0 Å². The molecule has 0 rings (SSSR count). The van der Waals surface area contributed by atoms with E-state index < -0.39 is 97.5 Å². The molecule has 2 unspecified atom stereocenters. The van der Waals surface area contributed by atoms with Gasteiger partial charge in [-0.15, -0.1) is 0 Å². The Kier molecular flexibility index (Phi) is 75.0. The van der Waals surface area contributed by atoms with Crippen molar-refractivity contribution in [2.24, 2.45) is 0 Å². The minimum atomic E-state index is -5.02. The second kappa shape index (κ2) is 79.3. The number of allylic oxidation sites excluding steroid dienone is 30. The molecule has 0 radical (unpaired) electrons. The van der Waals surface area contributed by atoms with Gasteiger partial charge in [-0.3, -0.25) is 37.3 Å². The number of esters is 4. The van der Waals surface area contributed by atoms with E-state index in [0.717, 1.165) is 141 Å². The molecule has 19 heteroatoms. The van der Waals surface area contributed by atoms with Gasteiger partial charge in [0, 0.05) is 25.7 Å². The summed E-state index contributed by atoms with van der Waals surface area (Å²) in [6, 6.07) is 0. The number of aliphatic hydroxyl groups is 1. The highest BCUT2D eigenvalue weighted by Crippen LogP contribution is 2.45. The van der Waals surface area contributed by atoms with Gasteiger partial charge < -0.3 is 33.8 Å². The fraction of sp³-hybridized carbons (Fsp3) is 0.618. The SMILES string of the molecule is CC/C=C\C/C=C\C/C=C\C/C=C\C/C=C\CCCCCC(=O)OC[C@H](COP(=O)(O)OC[C@@H](O)COP(=O)(O)OC[C@@H](COC(=O)CCCCCCC/C=C\CCCCCC)OC(=O)CCC/C=C\C/C=C\C/C=C\C/C=C\CCCCC)OC(=O)CC/C=C\C/C=C\C/C=C\C/C=C\C/C=C\CCCCC. The van der Waals surface area contributed by atoms with Crippen molar-refractivity contribution in [2.45, 2.75) is 316 Å². The molecule has 0 amide bonds. The Hall–Kier alpha value is -5.84. The third-order valence-corrected chi connectivity index (χ3v) is 18.2. The maximum atomic E-state index is 13.1. The standard InChI is InChI=1S/C89H144O17P2/c1-5-9-13-17-21-25-29-33-36-39-41-44-46-50-54-58-62-66-70-74-87(92)100-80-85(106-89(94)76-72-68-64-60-56-52-48-45-42-40-37-34-30-26-22-18-14-10-6-2)82-104-108(97,98)102-78-83(90)77-101-107(95,96)103-81-84(79-99-86(91)73-69-65-61-57-53-49-32-28-24-20-16-12-8-4)105-88(93)75-71-67-63-59-55-51-47-43-38-35-31-27-23-19-15-11-7-3/h9,13,21-23,25-28,32-38,41-42,44-45,47,50-52,54,56,59,63-64,68,83-85,90H,5-8,10-12,14-20,24,29-31,39-40,43,46,48-49,53,55,57-58,60-62,65-67,69-82H2,1-4H3,(H,95,96)(H,97,98)/b13-9-,25-21-,26-22-,27-23-,32-28-,36-33-,37-34-,38-35-,44-41-,45-42-,51-47-,54-50-,56-52-,63-59-,68-64-/t83-,84+,85+/m0/s1. The van der Waals surface area contributed by atoms with E-state index in [-0.39, 0.29) is 25.7 Å². The molecule has 0 spiro atoms. The first-order chi connectivity index (χ1) is 52.7. The van der Waals surface area contributed by atoms with Crippen LogP contribution in [0.1, 0.15) is 297 Å². The van der Waals surface area contributed by atoms with Crippen molar-refractivity contribution < 1.29 is 80.2 Å². The quantitative estimate of drug-likeness (QED) is 0.0169. The molecular weight excluding hydrogens is 1400 g/mol. The normalized spacial score (nSPS) is 14.8. The summed E-state index contributed by atoms with van der Waals surface area (Å²) < 4.78 is 68.5. The van der Waals surface area contributed by atoms with E-state index in [9.17, 15) is 43.2 Å². The number of hydrogen-bond donors (Lipinski definition) is 3. The summed E-state index contributed by atoms with van der Waals surface area (Å²) >= 11 is 0. The number of hydrogen-bond acceptors (Lipinski definition) is 15. The Bertz CT molecular complexity index is 2760. The van der Waals surface area contributed by atoms with Gasteiger partial charge in [-0.25, -0.2) is 9.13 Å². The highest BCUT2D eigenvalue weighted by molar-refractivity contribution is 7.47. The number of phosphoric acid groups is 2. The zero-order chi connectivity index (χ0) is 78.9. The van der Waals surface area contributed by atoms with Crippen molar-refractivity contribution in [1.82, 2.24) is 0 Å². The minimum absolute atomic E-state index is 0.00911. The zero-order valence-electron chi connectivity index (χ0n) is 66.9. The monoisotopic (exact) mass is 1550 g/mol. The van der Waals surface area contributed by atoms with Gasteiger partial charge in [0.05, 0.1) is 26.4 Å². The van der Waals surface area contributed by atoms with Crippen LogP contribution in [0.4, 0.5) is 0 Å². The fourth-order valence-electron chi connectivity index (χ4n) is 10.1. The van der Waals surface area contributed by atoms with Gasteiger partial charge >= 0.3 is 39.5 Å². The molecule has 0 aromatic rings. The van der Waals surface area contributed by atoms with Gasteiger partial charge in [0.15, 0.2) is 12.2 Å². The van der Waals surface area contributed by atoms with Crippen molar-refractivity contribution in [3.63, 3.8) is 0 Å². The Morgan fingerprint density at radius 1 is 0.269 bits per heavy atom. The van der Waals surface area contributed by atoms with Crippen LogP contribution in [-0.4, -0.2) is 96.7 Å². The Morgan fingerprint density at radius 2 is 0.509 bits per heavy atom. The van der Waals surface area contributed by atoms with E-state index in [1.165, 1.54) is 64.2 Å². The summed E-state index contributed by atoms with van der Waals surface area (Å²) in [7, 11) is -10.0. The topological polar surface area (TPSA) is 237 Å². The van der Waals surface area contributed by atoms with Crippen LogP contribution in [0.2, 0.25) is 0 Å². The number of aliphatic hydroxyl groups excluding tert-OH is 1. The predicted octanol–water partition coefficient (Wildman–Crippen LogP) is 24.3. The molecule has 0 aliphatic heterocycles. The average molecular weight is 1550 g/mol. The van der Waals surface area contributed by atoms with Crippen molar-refractivity contribution in [3.05, 3.63) is 182 Å². The number of carbonyl (C=O) groups is 4. The van der Waals surface area contributed by atoms with Gasteiger partial charge in [0.1, 0.15) is 19.3 Å². The van der Waals surface area contributed by atoms with Crippen LogP contribution in [0.5, 0.6) is 0 Å². The second-order valence-corrected chi connectivity index (χ2v) is 29.5. The number of rotatable bonds is 75. The first kappa shape index (κ1) is 102. The first-order valence-corrected chi connectivity index (χ1v) is 44.0. The lowest BCUT2D eigenvalue weighted by Gasteiger charge is -2.21. The van der Waals surface area contributed by atoms with Crippen molar-refractivity contribution >= 4 is 39.5 Å². The van der Waals surface area contributed by atoms with Crippen molar-refractivity contribution in [1.29, 1.82) is 0 Å². The van der Waals surface area contributed by atoms with Crippen LogP contribution < -0.4 is 0 Å². The van der Waals surface area contributed by atoms with E-state index in [2.05, 4.69) is 180 Å². The second-order valence-electron chi connectivity index (χ2n) is 26.6. The number of carbonyl (C=O) groups excluding carboxylic acids is 4. The molecule has 0 saturated carbocycles. The van der Waals surface area contributed by atoms with Gasteiger partial charge in [0.2, 0.25) is 0 Å². The highest BCUT2D eigenvalue weighted by Gasteiger charge is 2.30. The molecule has 0 bridgehead atoms. The Labute approximate surface area is 654 Å². The van der Waals surface area contributed by atoms with E-state index >= 15 is 0 Å². The number of ether oxygens (including phenoxy) is 4. The summed E-state index contributed by atoms with van der Waals surface area (Å²) in [5.41, 5.74) is 0.